The third-order valence-corrected chi connectivity index (χ3v) is 15.1. The average Bonchev–Trinajstić information content (AvgIpc) is 1.56. The lowest BCUT2D eigenvalue weighted by molar-refractivity contribution is -0.139. The summed E-state index contributed by atoms with van der Waals surface area (Å²) in [6, 6.07) is 40.5. The first kappa shape index (κ1) is 57.0. The summed E-state index contributed by atoms with van der Waals surface area (Å²) < 4.78 is 259. The van der Waals surface area contributed by atoms with E-state index < -0.39 is 81.6 Å². The molecule has 0 amide bonds. The van der Waals surface area contributed by atoms with E-state index in [1.54, 1.807) is 24.3 Å². The van der Waals surface area contributed by atoms with Crippen LogP contribution in [0.4, 0.5) is 79.0 Å². The van der Waals surface area contributed by atoms with Crippen molar-refractivity contribution >= 4 is 43.6 Å². The molecule has 0 spiro atoms. The van der Waals surface area contributed by atoms with Crippen molar-refractivity contribution in [3.8, 4) is 67.0 Å². The van der Waals surface area contributed by atoms with Gasteiger partial charge in [-0.2, -0.15) is 79.0 Å². The zero-order chi connectivity index (χ0) is 61.2. The molecule has 20 heteroatoms. The van der Waals surface area contributed by atoms with E-state index in [-0.39, 0.29) is 33.4 Å². The highest BCUT2D eigenvalue weighted by Crippen LogP contribution is 2.48. The Morgan fingerprint density at radius 1 is 0.198 bits per heavy atom. The molecule has 2 aromatic heterocycles. The summed E-state index contributed by atoms with van der Waals surface area (Å²) in [5.74, 6) is 0. The van der Waals surface area contributed by atoms with Gasteiger partial charge >= 0.3 is 37.1 Å². The number of hydrogen-bond acceptors (Lipinski definition) is 0. The third kappa shape index (κ3) is 10.4. The minimum Gasteiger partial charge on any atom is -0.309 e. The van der Waals surface area contributed by atoms with E-state index in [9.17, 15) is 52.7 Å². The van der Waals surface area contributed by atoms with E-state index in [0.29, 0.717) is 78.2 Å². The Balaban J connectivity index is 1.06. The molecular formula is C66H34F18N2. The minimum absolute atomic E-state index is 0.0976. The molecule has 0 atom stereocenters. The Morgan fingerprint density at radius 2 is 0.407 bits per heavy atom. The van der Waals surface area contributed by atoms with E-state index >= 15 is 26.3 Å². The van der Waals surface area contributed by atoms with Gasteiger partial charge in [0, 0.05) is 32.9 Å². The van der Waals surface area contributed by atoms with E-state index in [1.807, 2.05) is 0 Å². The fraction of sp³-hybridized carbons (Fsp3) is 0.0909. The number of halogens is 18. The van der Waals surface area contributed by atoms with Gasteiger partial charge < -0.3 is 9.13 Å². The average molecular weight is 1200 g/mol. The number of fused-ring (bicyclic) bond motifs is 6. The van der Waals surface area contributed by atoms with Crippen LogP contribution in [0.15, 0.2) is 206 Å². The molecule has 0 bridgehead atoms. The van der Waals surface area contributed by atoms with Crippen molar-refractivity contribution in [3.63, 3.8) is 0 Å². The van der Waals surface area contributed by atoms with Crippen LogP contribution in [-0.2, 0) is 37.1 Å². The van der Waals surface area contributed by atoms with Gasteiger partial charge in [-0.3, -0.25) is 0 Å². The molecule has 0 N–H and O–H groups in total. The molecule has 0 aliphatic heterocycles. The van der Waals surface area contributed by atoms with Gasteiger partial charge in [0.2, 0.25) is 0 Å². The molecule has 434 valence electrons. The van der Waals surface area contributed by atoms with Crippen LogP contribution in [0, 0.1) is 0 Å². The maximum atomic E-state index is 15.5. The van der Waals surface area contributed by atoms with Gasteiger partial charge in [0.25, 0.3) is 0 Å². The van der Waals surface area contributed by atoms with Gasteiger partial charge in [-0.15, -0.1) is 0 Å². The molecule has 86 heavy (non-hydrogen) atoms. The van der Waals surface area contributed by atoms with Crippen LogP contribution in [0.1, 0.15) is 33.4 Å². The predicted molar refractivity (Wildman–Crippen MR) is 292 cm³/mol. The quantitative estimate of drug-likeness (QED) is 0.141. The second kappa shape index (κ2) is 20.1. The number of rotatable bonds is 7. The Morgan fingerprint density at radius 3 is 0.605 bits per heavy atom. The summed E-state index contributed by atoms with van der Waals surface area (Å²) in [5, 5.41) is 1.39. The lowest BCUT2D eigenvalue weighted by Crippen LogP contribution is -2.12. The fourth-order valence-corrected chi connectivity index (χ4v) is 11.0. The van der Waals surface area contributed by atoms with Crippen LogP contribution in [-0.4, -0.2) is 9.13 Å². The molecule has 12 aromatic rings. The van der Waals surface area contributed by atoms with E-state index in [0.717, 1.165) is 72.8 Å². The smallest absolute Gasteiger partial charge is 0.309 e. The van der Waals surface area contributed by atoms with E-state index in [1.165, 1.54) is 106 Å². The van der Waals surface area contributed by atoms with Crippen LogP contribution in [0.2, 0.25) is 0 Å². The van der Waals surface area contributed by atoms with Gasteiger partial charge in [0.05, 0.1) is 55.4 Å². The van der Waals surface area contributed by atoms with E-state index in [2.05, 4.69) is 0 Å². The Labute approximate surface area is 474 Å². The van der Waals surface area contributed by atoms with Gasteiger partial charge in [-0.25, -0.2) is 0 Å². The van der Waals surface area contributed by atoms with Crippen LogP contribution < -0.4 is 0 Å². The van der Waals surface area contributed by atoms with Gasteiger partial charge in [0.15, 0.2) is 0 Å². The second-order valence-corrected chi connectivity index (χ2v) is 20.4. The SMILES string of the molecule is FC(F)(F)c1ccc(-c2ccc3c(c2)c2cc(-c4ccc(C(F)(F)F)cc4)ccc2n3-c2ccc(C(F)(F)F)c(-c3cc(-n4c5ccc(-c6ccc(C(F)(F)F)cc6)cc5c5cc(-c6ccc(C(F)(F)F)cc6)ccc54)ccc3C(F)(F)F)c2)cc1. The summed E-state index contributed by atoms with van der Waals surface area (Å²) in [6.07, 6.45) is -29.3. The number of alkyl halides is 18. The maximum Gasteiger partial charge on any atom is 0.417 e. The number of hydrogen-bond donors (Lipinski definition) is 0. The lowest BCUT2D eigenvalue weighted by Gasteiger charge is -2.21. The molecule has 2 nitrogen and oxygen atoms in total. The Bertz CT molecular complexity index is 4080. The van der Waals surface area contributed by atoms with Gasteiger partial charge in [-0.1, -0.05) is 72.8 Å². The topological polar surface area (TPSA) is 9.86 Å². The third-order valence-electron chi connectivity index (χ3n) is 15.1. The molecule has 12 rings (SSSR count). The van der Waals surface area contributed by atoms with E-state index in [4.69, 9.17) is 0 Å². The zero-order valence-corrected chi connectivity index (χ0v) is 43.3. The number of aromatic nitrogens is 2. The van der Waals surface area contributed by atoms with Crippen LogP contribution in [0.25, 0.3) is 111 Å². The highest BCUT2D eigenvalue weighted by atomic mass is 19.4. The molecule has 0 fully saturated rings. The van der Waals surface area contributed by atoms with Crippen molar-refractivity contribution in [2.75, 3.05) is 0 Å². The summed E-state index contributed by atoms with van der Waals surface area (Å²) in [5.41, 5.74) is -4.97. The van der Waals surface area contributed by atoms with Gasteiger partial charge in [-0.05, 0) is 189 Å². The standard InChI is InChI=1S/C66H34F18N2/c67-61(68,69)43-13-1-35(2-14-43)39-9-25-57-51(29-39)52-30-40(36-3-15-44(16-4-36)62(70,71)72)10-26-58(52)85(57)47-21-23-55(65(79,80)81)49(33-47)50-34-48(22-24-56(50)66(82,83)84)86-59-27-11-41(37-5-17-45(18-6-37)63(73,74)75)31-53(59)54-32-42(12-28-60(54)86)38-7-19-46(20-8-38)64(76,77)78/h1-34H. The van der Waals surface area contributed by atoms with Crippen molar-refractivity contribution < 1.29 is 79.0 Å². The van der Waals surface area contributed by atoms with Crippen LogP contribution in [0.3, 0.4) is 0 Å². The fourth-order valence-electron chi connectivity index (χ4n) is 11.0. The van der Waals surface area contributed by atoms with Crippen molar-refractivity contribution in [2.45, 2.75) is 37.1 Å². The molecule has 0 aliphatic carbocycles. The highest BCUT2D eigenvalue weighted by Gasteiger charge is 2.40. The summed E-state index contributed by atoms with van der Waals surface area (Å²) in [7, 11) is 0. The molecule has 0 saturated heterocycles. The molecule has 2 heterocycles. The zero-order valence-electron chi connectivity index (χ0n) is 43.3. The first-order chi connectivity index (χ1) is 40.4. The summed E-state index contributed by atoms with van der Waals surface area (Å²) in [4.78, 5) is 0. The molecule has 0 radical (unpaired) electrons. The van der Waals surface area contributed by atoms with Gasteiger partial charge in [0.1, 0.15) is 0 Å². The lowest BCUT2D eigenvalue weighted by atomic mass is 9.93. The normalized spacial score (nSPS) is 13.0. The maximum absolute atomic E-state index is 15.5. The Hall–Kier alpha value is -9.46. The molecule has 0 aliphatic rings. The molecular weight excluding hydrogens is 1160 g/mol. The predicted octanol–water partition coefficient (Wildman–Crippen LogP) is 22.3. The monoisotopic (exact) mass is 1200 g/mol. The highest BCUT2D eigenvalue weighted by molar-refractivity contribution is 6.13. The Kier molecular flexibility index (Phi) is 13.3. The molecule has 10 aromatic carbocycles. The number of nitrogens with zero attached hydrogens (tertiary/aromatic N) is 2. The first-order valence-corrected chi connectivity index (χ1v) is 25.7. The molecule has 0 saturated carbocycles. The second-order valence-electron chi connectivity index (χ2n) is 20.4. The van der Waals surface area contributed by atoms with Crippen molar-refractivity contribution in [2.24, 2.45) is 0 Å². The number of benzene rings is 10. The van der Waals surface area contributed by atoms with Crippen LogP contribution in [0.5, 0.6) is 0 Å². The molecule has 0 unspecified atom stereocenters. The first-order valence-electron chi connectivity index (χ1n) is 25.7. The van der Waals surface area contributed by atoms with Crippen molar-refractivity contribution in [1.82, 2.24) is 9.13 Å². The largest absolute Gasteiger partial charge is 0.417 e. The minimum atomic E-state index is -5.29. The summed E-state index contributed by atoms with van der Waals surface area (Å²) in [6.45, 7) is 0. The van der Waals surface area contributed by atoms with Crippen molar-refractivity contribution in [3.05, 3.63) is 240 Å². The summed E-state index contributed by atoms with van der Waals surface area (Å²) >= 11 is 0. The van der Waals surface area contributed by atoms with Crippen molar-refractivity contribution in [1.29, 1.82) is 0 Å². The van der Waals surface area contributed by atoms with Crippen LogP contribution >= 0.6 is 0 Å².